The number of carbonyl (C=O) groups excluding carboxylic acids is 1. The Morgan fingerprint density at radius 3 is 3.04 bits per heavy atom. The van der Waals surface area contributed by atoms with Gasteiger partial charge in [0.05, 0.1) is 5.69 Å². The third kappa shape index (κ3) is 3.62. The molecule has 1 N–H and O–H groups in total. The molecular weight excluding hydrogens is 342 g/mol. The molecular formula is C17H13N3O2S2. The molecule has 3 rings (SSSR count). The Labute approximate surface area is 147 Å². The monoisotopic (exact) mass is 355 g/mol. The number of nitrogens with zero attached hydrogens (tertiary/aromatic N) is 2. The second kappa shape index (κ2) is 7.25. The van der Waals surface area contributed by atoms with Crippen molar-refractivity contribution >= 4 is 34.3 Å². The van der Waals surface area contributed by atoms with Crippen molar-refractivity contribution in [2.24, 2.45) is 0 Å². The van der Waals surface area contributed by atoms with E-state index in [1.54, 1.807) is 35.6 Å². The molecule has 0 fully saturated rings. The van der Waals surface area contributed by atoms with Crippen molar-refractivity contribution in [2.75, 3.05) is 11.9 Å². The topological polar surface area (TPSA) is 75.0 Å². The predicted octanol–water partition coefficient (Wildman–Crippen LogP) is 4.33. The zero-order valence-electron chi connectivity index (χ0n) is 12.8. The highest BCUT2D eigenvalue weighted by atomic mass is 32.1. The fourth-order valence-corrected chi connectivity index (χ4v) is 3.76. The molecule has 0 aliphatic carbocycles. The number of hydrogen-bond donors (Lipinski definition) is 1. The third-order valence-corrected chi connectivity index (χ3v) is 5.05. The smallest absolute Gasteiger partial charge is 0.267 e. The number of anilines is 1. The third-order valence-electron chi connectivity index (χ3n) is 3.17. The molecule has 5 nitrogen and oxygen atoms in total. The van der Waals surface area contributed by atoms with Crippen LogP contribution >= 0.6 is 22.7 Å². The van der Waals surface area contributed by atoms with Crippen molar-refractivity contribution in [3.8, 4) is 22.4 Å². The van der Waals surface area contributed by atoms with Gasteiger partial charge < -0.3 is 10.1 Å². The fourth-order valence-electron chi connectivity index (χ4n) is 2.08. The molecule has 1 aromatic carbocycles. The molecule has 0 saturated carbocycles. The summed E-state index contributed by atoms with van der Waals surface area (Å²) in [5.41, 5.74) is 2.34. The molecule has 2 heterocycles. The van der Waals surface area contributed by atoms with Gasteiger partial charge in [-0.3, -0.25) is 4.79 Å². The molecule has 7 heteroatoms. The van der Waals surface area contributed by atoms with Crippen LogP contribution in [0.15, 0.2) is 41.1 Å². The molecule has 0 aliphatic heterocycles. The summed E-state index contributed by atoms with van der Waals surface area (Å²) in [6.07, 6.45) is 0. The number of aryl methyl sites for hydroxylation is 1. The lowest BCUT2D eigenvalue weighted by Crippen LogP contribution is -2.11. The quantitative estimate of drug-likeness (QED) is 0.739. The Balaban J connectivity index is 1.77. The van der Waals surface area contributed by atoms with Gasteiger partial charge in [0.25, 0.3) is 5.91 Å². The van der Waals surface area contributed by atoms with E-state index in [4.69, 9.17) is 10.00 Å². The number of hydrogen-bond acceptors (Lipinski definition) is 6. The van der Waals surface area contributed by atoms with E-state index < -0.39 is 0 Å². The summed E-state index contributed by atoms with van der Waals surface area (Å²) in [5, 5.41) is 16.2. The van der Waals surface area contributed by atoms with Crippen LogP contribution < -0.4 is 10.1 Å². The Hall–Kier alpha value is -2.69. The highest BCUT2D eigenvalue weighted by molar-refractivity contribution is 7.17. The van der Waals surface area contributed by atoms with E-state index in [1.165, 1.54) is 11.3 Å². The van der Waals surface area contributed by atoms with Crippen LogP contribution in [0.3, 0.4) is 0 Å². The molecule has 0 radical (unpaired) electrons. The normalized spacial score (nSPS) is 10.2. The first-order valence-electron chi connectivity index (χ1n) is 7.08. The van der Waals surface area contributed by atoms with Crippen molar-refractivity contribution in [3.05, 3.63) is 51.7 Å². The number of ether oxygens (including phenoxy) is 1. The first kappa shape index (κ1) is 16.2. The Bertz CT molecular complexity index is 895. The molecule has 2 aromatic heterocycles. The summed E-state index contributed by atoms with van der Waals surface area (Å²) >= 11 is 2.97. The van der Waals surface area contributed by atoms with Gasteiger partial charge >= 0.3 is 0 Å². The maximum absolute atomic E-state index is 12.5. The number of thiophene rings is 1. The van der Waals surface area contributed by atoms with Crippen LogP contribution in [-0.4, -0.2) is 17.5 Å². The van der Waals surface area contributed by atoms with Gasteiger partial charge in [-0.25, -0.2) is 4.98 Å². The van der Waals surface area contributed by atoms with Crippen LogP contribution in [0.4, 0.5) is 5.69 Å². The largest absolute Gasteiger partial charge is 0.479 e. The zero-order chi connectivity index (χ0) is 16.9. The number of thiazole rings is 1. The van der Waals surface area contributed by atoms with E-state index in [9.17, 15) is 4.79 Å². The van der Waals surface area contributed by atoms with Gasteiger partial charge in [-0.15, -0.1) is 11.3 Å². The van der Waals surface area contributed by atoms with Crippen molar-refractivity contribution in [3.63, 3.8) is 0 Å². The minimum atomic E-state index is -0.205. The van der Waals surface area contributed by atoms with Crippen LogP contribution in [0.25, 0.3) is 10.6 Å². The minimum Gasteiger partial charge on any atom is -0.479 e. The summed E-state index contributed by atoms with van der Waals surface area (Å²) < 4.78 is 5.24. The molecule has 0 atom stereocenters. The van der Waals surface area contributed by atoms with Gasteiger partial charge in [-0.1, -0.05) is 6.07 Å². The van der Waals surface area contributed by atoms with Gasteiger partial charge in [0, 0.05) is 22.7 Å². The number of rotatable bonds is 5. The summed E-state index contributed by atoms with van der Waals surface area (Å²) in [5.74, 6) is 0.332. The van der Waals surface area contributed by atoms with Crippen molar-refractivity contribution in [1.82, 2.24) is 4.98 Å². The lowest BCUT2D eigenvalue weighted by atomic mass is 10.3. The van der Waals surface area contributed by atoms with Gasteiger partial charge in [0.1, 0.15) is 21.7 Å². The highest BCUT2D eigenvalue weighted by Gasteiger charge is 2.16. The fraction of sp³-hybridized carbons (Fsp3) is 0.118. The predicted molar refractivity (Wildman–Crippen MR) is 95.7 cm³/mol. The highest BCUT2D eigenvalue weighted by Crippen LogP contribution is 2.30. The van der Waals surface area contributed by atoms with Gasteiger partial charge in [-0.2, -0.15) is 16.6 Å². The Morgan fingerprint density at radius 1 is 1.42 bits per heavy atom. The number of amides is 1. The van der Waals surface area contributed by atoms with Crippen molar-refractivity contribution in [1.29, 1.82) is 5.26 Å². The number of carbonyl (C=O) groups is 1. The maximum atomic E-state index is 12.5. The maximum Gasteiger partial charge on any atom is 0.267 e. The SMILES string of the molecule is Cc1nc(-c2ccsc2)sc1C(=O)Nc1cccc(OCC#N)c1. The molecule has 0 bridgehead atoms. The van der Waals surface area contributed by atoms with Crippen LogP contribution in [0.5, 0.6) is 5.75 Å². The standard InChI is InChI=1S/C17H13N3O2S2/c1-11-15(24-17(19-11)12-5-8-23-10-12)16(21)20-13-3-2-4-14(9-13)22-7-6-18/h2-5,8-10H,7H2,1H3,(H,20,21). The molecule has 0 saturated heterocycles. The van der Waals surface area contributed by atoms with Crippen molar-refractivity contribution < 1.29 is 9.53 Å². The Morgan fingerprint density at radius 2 is 2.29 bits per heavy atom. The van der Waals surface area contributed by atoms with Crippen LogP contribution in [0, 0.1) is 18.3 Å². The van der Waals surface area contributed by atoms with Crippen LogP contribution in [-0.2, 0) is 0 Å². The van der Waals surface area contributed by atoms with E-state index in [0.717, 1.165) is 10.6 Å². The molecule has 0 spiro atoms. The number of nitrogens with one attached hydrogen (secondary N) is 1. The average molecular weight is 355 g/mol. The van der Waals surface area contributed by atoms with E-state index in [-0.39, 0.29) is 12.5 Å². The summed E-state index contributed by atoms with van der Waals surface area (Å²) in [6, 6.07) is 10.9. The summed E-state index contributed by atoms with van der Waals surface area (Å²) in [7, 11) is 0. The van der Waals surface area contributed by atoms with Crippen molar-refractivity contribution in [2.45, 2.75) is 6.92 Å². The lowest BCUT2D eigenvalue weighted by Gasteiger charge is -2.06. The summed E-state index contributed by atoms with van der Waals surface area (Å²) in [6.45, 7) is 1.79. The zero-order valence-corrected chi connectivity index (χ0v) is 14.4. The van der Waals surface area contributed by atoms with Crippen LogP contribution in [0.2, 0.25) is 0 Å². The first-order chi connectivity index (χ1) is 11.7. The van der Waals surface area contributed by atoms with Crippen LogP contribution in [0.1, 0.15) is 15.4 Å². The summed E-state index contributed by atoms with van der Waals surface area (Å²) in [4.78, 5) is 17.6. The average Bonchev–Trinajstić information content (AvgIpc) is 3.22. The molecule has 0 unspecified atom stereocenters. The molecule has 24 heavy (non-hydrogen) atoms. The minimum absolute atomic E-state index is 0.0324. The Kier molecular flexibility index (Phi) is 4.89. The second-order valence-electron chi connectivity index (χ2n) is 4.87. The number of nitriles is 1. The molecule has 120 valence electrons. The molecule has 3 aromatic rings. The van der Waals surface area contributed by atoms with Gasteiger partial charge in [0.2, 0.25) is 0 Å². The van der Waals surface area contributed by atoms with E-state index >= 15 is 0 Å². The number of benzene rings is 1. The van der Waals surface area contributed by atoms with E-state index in [0.29, 0.717) is 22.0 Å². The van der Waals surface area contributed by atoms with Gasteiger partial charge in [0.15, 0.2) is 6.61 Å². The van der Waals surface area contributed by atoms with Gasteiger partial charge in [-0.05, 0) is 30.5 Å². The molecule has 0 aliphatic rings. The molecule has 1 amide bonds. The lowest BCUT2D eigenvalue weighted by molar-refractivity contribution is 0.103. The number of aromatic nitrogens is 1. The second-order valence-corrected chi connectivity index (χ2v) is 6.65. The van der Waals surface area contributed by atoms with E-state index in [2.05, 4.69) is 10.3 Å². The first-order valence-corrected chi connectivity index (χ1v) is 8.84. The van der Waals surface area contributed by atoms with E-state index in [1.807, 2.05) is 29.8 Å².